The molecule has 1 nitrogen and oxygen atoms in total. The highest BCUT2D eigenvalue weighted by molar-refractivity contribution is 5.27. The van der Waals surface area contributed by atoms with E-state index in [1.807, 2.05) is 0 Å². The van der Waals surface area contributed by atoms with Crippen molar-refractivity contribution >= 4 is 0 Å². The van der Waals surface area contributed by atoms with E-state index in [2.05, 4.69) is 50.6 Å². The lowest BCUT2D eigenvalue weighted by molar-refractivity contribution is 0.364. The van der Waals surface area contributed by atoms with Crippen molar-refractivity contribution in [2.75, 3.05) is 7.05 Å². The zero-order valence-electron chi connectivity index (χ0n) is 12.4. The molecule has 0 amide bonds. The second-order valence-electron chi connectivity index (χ2n) is 5.27. The van der Waals surface area contributed by atoms with Crippen LogP contribution in [0.25, 0.3) is 0 Å². The lowest BCUT2D eigenvalue weighted by Crippen LogP contribution is -2.32. The van der Waals surface area contributed by atoms with Gasteiger partial charge in [0.25, 0.3) is 0 Å². The molecule has 102 valence electrons. The summed E-state index contributed by atoms with van der Waals surface area (Å²) in [5, 5.41) is 0. The van der Waals surface area contributed by atoms with E-state index in [1.54, 1.807) is 0 Å². The first-order chi connectivity index (χ1) is 8.70. The summed E-state index contributed by atoms with van der Waals surface area (Å²) in [6, 6.07) is 0.413. The maximum Gasteiger partial charge on any atom is 0.0680 e. The third-order valence-corrected chi connectivity index (χ3v) is 3.83. The summed E-state index contributed by atoms with van der Waals surface area (Å²) >= 11 is 0. The van der Waals surface area contributed by atoms with Crippen LogP contribution in [-0.4, -0.2) is 18.0 Å². The van der Waals surface area contributed by atoms with Crippen molar-refractivity contribution in [1.29, 1.82) is 0 Å². The minimum Gasteiger partial charge on any atom is -0.368 e. The zero-order chi connectivity index (χ0) is 13.4. The maximum atomic E-state index is 4.30. The fraction of sp³-hybridized carbons (Fsp3) is 0.647. The first-order valence-electron chi connectivity index (χ1n) is 7.48. The molecule has 0 spiro atoms. The quantitative estimate of drug-likeness (QED) is 0.428. The Morgan fingerprint density at radius 2 is 1.94 bits per heavy atom. The number of nitrogens with zero attached hydrogens (tertiary/aromatic N) is 1. The van der Waals surface area contributed by atoms with Gasteiger partial charge in [0.15, 0.2) is 0 Å². The van der Waals surface area contributed by atoms with E-state index in [4.69, 9.17) is 0 Å². The molecule has 18 heavy (non-hydrogen) atoms. The summed E-state index contributed by atoms with van der Waals surface area (Å²) in [5.41, 5.74) is 2.78. The first-order valence-corrected chi connectivity index (χ1v) is 7.48. The lowest BCUT2D eigenvalue weighted by Gasteiger charge is -2.33. The lowest BCUT2D eigenvalue weighted by atomic mass is 9.97. The molecule has 0 saturated heterocycles. The molecule has 1 unspecified atom stereocenters. The Kier molecular flexibility index (Phi) is 6.85. The number of likely N-dealkylation sites (N-methyl/N-ethyl adjacent to an activating group) is 1. The van der Waals surface area contributed by atoms with Crippen molar-refractivity contribution in [2.24, 2.45) is 0 Å². The highest BCUT2D eigenvalue weighted by Gasteiger charge is 2.18. The van der Waals surface area contributed by atoms with Gasteiger partial charge in [-0.25, -0.2) is 0 Å². The number of hydrogen-bond acceptors (Lipinski definition) is 1. The largest absolute Gasteiger partial charge is 0.368 e. The van der Waals surface area contributed by atoms with E-state index >= 15 is 0 Å². The van der Waals surface area contributed by atoms with Gasteiger partial charge < -0.3 is 4.90 Å². The number of rotatable bonds is 8. The molecule has 0 fully saturated rings. The fourth-order valence-electron chi connectivity index (χ4n) is 2.58. The Morgan fingerprint density at radius 3 is 2.61 bits per heavy atom. The van der Waals surface area contributed by atoms with Crippen LogP contribution in [0.15, 0.2) is 36.1 Å². The summed E-state index contributed by atoms with van der Waals surface area (Å²) in [6.07, 6.45) is 15.6. The number of hydrogen-bond donors (Lipinski definition) is 0. The third kappa shape index (κ3) is 4.36. The summed E-state index contributed by atoms with van der Waals surface area (Å²) in [7, 11) is 2.19. The summed E-state index contributed by atoms with van der Waals surface area (Å²) in [6.45, 7) is 8.77. The maximum absolute atomic E-state index is 4.30. The van der Waals surface area contributed by atoms with E-state index < -0.39 is 0 Å². The van der Waals surface area contributed by atoms with E-state index in [1.165, 1.54) is 49.8 Å². The molecule has 0 N–H and O–H groups in total. The fourth-order valence-corrected chi connectivity index (χ4v) is 2.58. The molecule has 0 aromatic carbocycles. The van der Waals surface area contributed by atoms with Gasteiger partial charge in [0.05, 0.1) is 6.04 Å². The molecule has 0 bridgehead atoms. The molecular weight excluding hydrogens is 218 g/mol. The predicted octanol–water partition coefficient (Wildman–Crippen LogP) is 5.07. The van der Waals surface area contributed by atoms with Crippen molar-refractivity contribution in [2.45, 2.75) is 64.8 Å². The van der Waals surface area contributed by atoms with Gasteiger partial charge in [-0.05, 0) is 25.3 Å². The van der Waals surface area contributed by atoms with Crippen LogP contribution in [0.3, 0.4) is 0 Å². The Morgan fingerprint density at radius 1 is 1.22 bits per heavy atom. The third-order valence-electron chi connectivity index (χ3n) is 3.83. The van der Waals surface area contributed by atoms with Gasteiger partial charge in [-0.3, -0.25) is 0 Å². The molecule has 1 rings (SSSR count). The first kappa shape index (κ1) is 15.1. The Balaban J connectivity index is 2.34. The van der Waals surface area contributed by atoms with Crippen molar-refractivity contribution in [1.82, 2.24) is 4.90 Å². The van der Waals surface area contributed by atoms with Gasteiger partial charge in [-0.1, -0.05) is 63.8 Å². The summed E-state index contributed by atoms with van der Waals surface area (Å²) < 4.78 is 0. The molecule has 0 aromatic heterocycles. The monoisotopic (exact) mass is 247 g/mol. The van der Waals surface area contributed by atoms with Crippen LogP contribution in [0, 0.1) is 0 Å². The van der Waals surface area contributed by atoms with Crippen LogP contribution >= 0.6 is 0 Å². The van der Waals surface area contributed by atoms with Gasteiger partial charge in [0.1, 0.15) is 0 Å². The molecule has 0 aromatic rings. The van der Waals surface area contributed by atoms with Crippen LogP contribution in [0.4, 0.5) is 0 Å². The summed E-state index contributed by atoms with van der Waals surface area (Å²) in [5.74, 6) is 0. The van der Waals surface area contributed by atoms with Crippen LogP contribution < -0.4 is 0 Å². The minimum absolute atomic E-state index is 0.413. The van der Waals surface area contributed by atoms with Crippen molar-refractivity contribution in [3.8, 4) is 0 Å². The Bertz CT molecular complexity index is 312. The van der Waals surface area contributed by atoms with Crippen LogP contribution in [0.1, 0.15) is 58.8 Å². The summed E-state index contributed by atoms with van der Waals surface area (Å²) in [4.78, 5) is 2.37. The van der Waals surface area contributed by atoms with Gasteiger partial charge in [-0.2, -0.15) is 0 Å². The second-order valence-corrected chi connectivity index (χ2v) is 5.27. The number of allylic oxidation sites excluding steroid dienone is 3. The molecule has 1 heteroatoms. The van der Waals surface area contributed by atoms with Crippen LogP contribution in [0.5, 0.6) is 0 Å². The van der Waals surface area contributed by atoms with Gasteiger partial charge >= 0.3 is 0 Å². The average Bonchev–Trinajstić information content (AvgIpc) is 2.38. The Hall–Kier alpha value is -0.980. The highest BCUT2D eigenvalue weighted by atomic mass is 15.1. The Labute approximate surface area is 113 Å². The van der Waals surface area contributed by atoms with Gasteiger partial charge in [-0.15, -0.1) is 0 Å². The predicted molar refractivity (Wildman–Crippen MR) is 81.6 cm³/mol. The molecule has 1 heterocycles. The molecule has 0 saturated carbocycles. The standard InChI is InChI=1S/C17H29N/c1-5-7-8-9-10-12-15(3)17-14-11-13-16(6-2)18(17)4/h11,13-14,17H,3,5-10,12H2,1-2,4H3. The SMILES string of the molecule is C=C(CCCCCCC)C1C=CC=C(CC)N1C. The van der Waals surface area contributed by atoms with Crippen molar-refractivity contribution in [3.63, 3.8) is 0 Å². The van der Waals surface area contributed by atoms with Gasteiger partial charge in [0.2, 0.25) is 0 Å². The zero-order valence-corrected chi connectivity index (χ0v) is 12.4. The van der Waals surface area contributed by atoms with Crippen LogP contribution in [0.2, 0.25) is 0 Å². The highest BCUT2D eigenvalue weighted by Crippen LogP contribution is 2.24. The van der Waals surface area contributed by atoms with Crippen molar-refractivity contribution in [3.05, 3.63) is 36.1 Å². The molecule has 1 aliphatic heterocycles. The number of unbranched alkanes of at least 4 members (excludes halogenated alkanes) is 4. The second kappa shape index (κ2) is 8.18. The van der Waals surface area contributed by atoms with E-state index in [0.29, 0.717) is 6.04 Å². The van der Waals surface area contributed by atoms with Crippen molar-refractivity contribution < 1.29 is 0 Å². The van der Waals surface area contributed by atoms with Crippen LogP contribution in [-0.2, 0) is 0 Å². The molecular formula is C17H29N. The molecule has 1 atom stereocenters. The molecule has 1 aliphatic rings. The normalized spacial score (nSPS) is 18.9. The molecule has 0 aliphatic carbocycles. The van der Waals surface area contributed by atoms with E-state index in [9.17, 15) is 0 Å². The van der Waals surface area contributed by atoms with E-state index in [0.717, 1.165) is 6.42 Å². The average molecular weight is 247 g/mol. The smallest absolute Gasteiger partial charge is 0.0680 e. The van der Waals surface area contributed by atoms with Gasteiger partial charge in [0, 0.05) is 12.7 Å². The topological polar surface area (TPSA) is 3.24 Å². The molecule has 0 radical (unpaired) electrons. The minimum atomic E-state index is 0.413. The van der Waals surface area contributed by atoms with E-state index in [-0.39, 0.29) is 0 Å².